The summed E-state index contributed by atoms with van der Waals surface area (Å²) >= 11 is 0. The lowest BCUT2D eigenvalue weighted by atomic mass is 9.70. The average molecular weight is 522 g/mol. The van der Waals surface area contributed by atoms with Crippen LogP contribution in [0.25, 0.3) is 0 Å². The third-order valence-electron chi connectivity index (χ3n) is 8.14. The fourth-order valence-corrected chi connectivity index (χ4v) is 6.36. The Morgan fingerprint density at radius 3 is 1.85 bits per heavy atom. The second-order valence-corrected chi connectivity index (χ2v) is 10.7. The zero-order valence-corrected chi connectivity index (χ0v) is 21.7. The number of ether oxygens (including phenoxy) is 1. The summed E-state index contributed by atoms with van der Waals surface area (Å²) in [5, 5.41) is 6.04. The van der Waals surface area contributed by atoms with Gasteiger partial charge in [-0.05, 0) is 23.6 Å². The standard InChI is InChI=1S/C32H31N3O4/c1-31-17-18-32(39-31)26(25(31)28(36)33-19-22-11-5-2-6-12-22)30(38)35(21-24-15-9-4-10-16-24)27(32)29(37)34-20-23-13-7-3-8-14-23/h2-18,25-27H,19-21H2,1H3,(H,33,36)(H,34,37)/t25-,26+,27?,31-,32+/m1/s1. The van der Waals surface area contributed by atoms with Crippen molar-refractivity contribution in [2.24, 2.45) is 11.8 Å². The molecule has 0 radical (unpaired) electrons. The molecule has 2 N–H and O–H groups in total. The fraction of sp³-hybridized carbons (Fsp3) is 0.281. The number of nitrogens with zero attached hydrogens (tertiary/aromatic N) is 1. The number of rotatable bonds is 8. The molecule has 1 spiro atoms. The highest BCUT2D eigenvalue weighted by molar-refractivity contribution is 6.00. The second-order valence-electron chi connectivity index (χ2n) is 10.7. The van der Waals surface area contributed by atoms with Gasteiger partial charge in [-0.25, -0.2) is 0 Å². The van der Waals surface area contributed by atoms with Gasteiger partial charge >= 0.3 is 0 Å². The van der Waals surface area contributed by atoms with Crippen LogP contribution in [0.1, 0.15) is 23.6 Å². The molecule has 3 aromatic carbocycles. The lowest BCUT2D eigenvalue weighted by Gasteiger charge is -2.33. The first kappa shape index (κ1) is 25.1. The van der Waals surface area contributed by atoms with E-state index in [9.17, 15) is 14.4 Å². The first-order valence-corrected chi connectivity index (χ1v) is 13.3. The highest BCUT2D eigenvalue weighted by Gasteiger charge is 2.76. The van der Waals surface area contributed by atoms with E-state index in [1.807, 2.05) is 110 Å². The Kier molecular flexibility index (Phi) is 6.31. The molecule has 1 unspecified atom stereocenters. The molecule has 2 bridgehead atoms. The van der Waals surface area contributed by atoms with Gasteiger partial charge in [-0.3, -0.25) is 14.4 Å². The minimum absolute atomic E-state index is 0.244. The van der Waals surface area contributed by atoms with E-state index in [0.717, 1.165) is 16.7 Å². The van der Waals surface area contributed by atoms with Crippen LogP contribution in [0, 0.1) is 11.8 Å². The highest BCUT2D eigenvalue weighted by atomic mass is 16.5. The third-order valence-corrected chi connectivity index (χ3v) is 8.14. The highest BCUT2D eigenvalue weighted by Crippen LogP contribution is 2.59. The molecule has 0 saturated carbocycles. The molecule has 39 heavy (non-hydrogen) atoms. The van der Waals surface area contributed by atoms with Gasteiger partial charge in [0.15, 0.2) is 0 Å². The molecule has 0 aromatic heterocycles. The van der Waals surface area contributed by atoms with Gasteiger partial charge < -0.3 is 20.3 Å². The van der Waals surface area contributed by atoms with Crippen LogP contribution >= 0.6 is 0 Å². The number of hydrogen-bond donors (Lipinski definition) is 2. The van der Waals surface area contributed by atoms with Crippen LogP contribution in [0.2, 0.25) is 0 Å². The molecule has 6 rings (SSSR count). The Labute approximate surface area is 227 Å². The Hall–Kier alpha value is -4.23. The van der Waals surface area contributed by atoms with Gasteiger partial charge in [-0.2, -0.15) is 0 Å². The number of likely N-dealkylation sites (tertiary alicyclic amines) is 1. The first-order valence-electron chi connectivity index (χ1n) is 13.3. The summed E-state index contributed by atoms with van der Waals surface area (Å²) in [4.78, 5) is 43.3. The number of amides is 3. The van der Waals surface area contributed by atoms with Crippen molar-refractivity contribution in [3.05, 3.63) is 120 Å². The smallest absolute Gasteiger partial charge is 0.246 e. The third kappa shape index (κ3) is 4.33. The summed E-state index contributed by atoms with van der Waals surface area (Å²) in [6, 6.07) is 27.9. The fourth-order valence-electron chi connectivity index (χ4n) is 6.36. The van der Waals surface area contributed by atoms with Crippen molar-refractivity contribution >= 4 is 17.7 Å². The van der Waals surface area contributed by atoms with Crippen LogP contribution in [0.15, 0.2) is 103 Å². The molecule has 2 fully saturated rings. The largest absolute Gasteiger partial charge is 0.356 e. The van der Waals surface area contributed by atoms with E-state index in [1.54, 1.807) is 4.90 Å². The normalized spacial score (nSPS) is 28.4. The van der Waals surface area contributed by atoms with Crippen LogP contribution in [0.5, 0.6) is 0 Å². The maximum Gasteiger partial charge on any atom is 0.246 e. The molecule has 3 aliphatic rings. The van der Waals surface area contributed by atoms with Gasteiger partial charge in [-0.15, -0.1) is 0 Å². The van der Waals surface area contributed by atoms with Crippen molar-refractivity contribution in [1.82, 2.24) is 15.5 Å². The zero-order valence-electron chi connectivity index (χ0n) is 21.7. The minimum Gasteiger partial charge on any atom is -0.356 e. The molecule has 7 heteroatoms. The second kappa shape index (κ2) is 9.82. The van der Waals surface area contributed by atoms with Crippen LogP contribution in [0.3, 0.4) is 0 Å². The van der Waals surface area contributed by atoms with Crippen molar-refractivity contribution in [1.29, 1.82) is 0 Å². The van der Waals surface area contributed by atoms with E-state index < -0.39 is 29.1 Å². The topological polar surface area (TPSA) is 87.7 Å². The van der Waals surface area contributed by atoms with E-state index in [1.165, 1.54) is 0 Å². The molecular formula is C32H31N3O4. The average Bonchev–Trinajstić information content (AvgIpc) is 3.53. The zero-order chi connectivity index (χ0) is 27.0. The maximum atomic E-state index is 14.1. The van der Waals surface area contributed by atoms with Crippen LogP contribution in [-0.4, -0.2) is 39.9 Å². The molecule has 198 valence electrons. The van der Waals surface area contributed by atoms with Gasteiger partial charge in [0, 0.05) is 19.6 Å². The lowest BCUT2D eigenvalue weighted by Crippen LogP contribution is -2.54. The van der Waals surface area contributed by atoms with Gasteiger partial charge in [0.2, 0.25) is 17.7 Å². The first-order chi connectivity index (χ1) is 18.9. The molecular weight excluding hydrogens is 490 g/mol. The SMILES string of the molecule is C[C@]12C=C[C@@]3(O1)C(C(=O)NCc1ccccc1)N(Cc1ccccc1)C(=O)[C@@H]3[C@@H]2C(=O)NCc1ccccc1. The van der Waals surface area contributed by atoms with Crippen molar-refractivity contribution in [2.45, 2.75) is 43.8 Å². The lowest BCUT2D eigenvalue weighted by molar-refractivity contribution is -0.145. The summed E-state index contributed by atoms with van der Waals surface area (Å²) in [5.74, 6) is -2.36. The summed E-state index contributed by atoms with van der Waals surface area (Å²) in [5.41, 5.74) is 0.606. The van der Waals surface area contributed by atoms with Crippen molar-refractivity contribution < 1.29 is 19.1 Å². The predicted molar refractivity (Wildman–Crippen MR) is 146 cm³/mol. The van der Waals surface area contributed by atoms with E-state index in [-0.39, 0.29) is 24.3 Å². The predicted octanol–water partition coefficient (Wildman–Crippen LogP) is 3.36. The van der Waals surface area contributed by atoms with Gasteiger partial charge in [0.25, 0.3) is 0 Å². The summed E-state index contributed by atoms with van der Waals surface area (Å²) in [6.45, 7) is 2.75. The molecule has 5 atom stereocenters. The molecule has 7 nitrogen and oxygen atoms in total. The van der Waals surface area contributed by atoms with Crippen molar-refractivity contribution in [3.8, 4) is 0 Å². The number of nitrogens with one attached hydrogen (secondary N) is 2. The summed E-state index contributed by atoms with van der Waals surface area (Å²) in [6.07, 6.45) is 3.70. The number of fused-ring (bicyclic) bond motifs is 1. The Morgan fingerprint density at radius 1 is 0.769 bits per heavy atom. The molecule has 2 saturated heterocycles. The Morgan fingerprint density at radius 2 is 1.28 bits per heavy atom. The van der Waals surface area contributed by atoms with E-state index >= 15 is 0 Å². The van der Waals surface area contributed by atoms with Gasteiger partial charge in [-0.1, -0.05) is 103 Å². The molecule has 3 amide bonds. The Balaban J connectivity index is 1.31. The summed E-state index contributed by atoms with van der Waals surface area (Å²) < 4.78 is 6.59. The number of hydrogen-bond acceptors (Lipinski definition) is 4. The van der Waals surface area contributed by atoms with Gasteiger partial charge in [0.1, 0.15) is 11.6 Å². The molecule has 3 aromatic rings. The molecule has 3 aliphatic heterocycles. The van der Waals surface area contributed by atoms with Crippen molar-refractivity contribution in [3.63, 3.8) is 0 Å². The summed E-state index contributed by atoms with van der Waals surface area (Å²) in [7, 11) is 0. The number of benzene rings is 3. The van der Waals surface area contributed by atoms with Gasteiger partial charge in [0.05, 0.1) is 17.4 Å². The maximum absolute atomic E-state index is 14.1. The molecule has 3 heterocycles. The van der Waals surface area contributed by atoms with Crippen molar-refractivity contribution in [2.75, 3.05) is 0 Å². The van der Waals surface area contributed by atoms with E-state index in [0.29, 0.717) is 13.1 Å². The molecule has 0 aliphatic carbocycles. The van der Waals surface area contributed by atoms with Crippen LogP contribution < -0.4 is 10.6 Å². The Bertz CT molecular complexity index is 1410. The quantitative estimate of drug-likeness (QED) is 0.445. The minimum atomic E-state index is -1.23. The van der Waals surface area contributed by atoms with Crippen LogP contribution in [-0.2, 0) is 38.8 Å². The van der Waals surface area contributed by atoms with Crippen LogP contribution in [0.4, 0.5) is 0 Å². The number of carbonyl (C=O) groups is 3. The van der Waals surface area contributed by atoms with E-state index in [2.05, 4.69) is 10.6 Å². The van der Waals surface area contributed by atoms with E-state index in [4.69, 9.17) is 4.74 Å². The number of carbonyl (C=O) groups excluding carboxylic acids is 3. The monoisotopic (exact) mass is 521 g/mol.